The van der Waals surface area contributed by atoms with Crippen molar-refractivity contribution in [3.63, 3.8) is 0 Å². The second-order valence-electron chi connectivity index (χ2n) is 6.35. The van der Waals surface area contributed by atoms with Crippen molar-refractivity contribution in [3.05, 3.63) is 11.4 Å². The van der Waals surface area contributed by atoms with E-state index in [0.717, 1.165) is 42.5 Å². The molecule has 0 unspecified atom stereocenters. The van der Waals surface area contributed by atoms with Crippen LogP contribution in [0.4, 0.5) is 11.6 Å². The summed E-state index contributed by atoms with van der Waals surface area (Å²) in [7, 11) is 4.33. The predicted octanol–water partition coefficient (Wildman–Crippen LogP) is 2.10. The Labute approximate surface area is 128 Å². The van der Waals surface area contributed by atoms with Gasteiger partial charge in [0.2, 0.25) is 0 Å². The summed E-state index contributed by atoms with van der Waals surface area (Å²) in [4.78, 5) is 13.8. The van der Waals surface area contributed by atoms with Gasteiger partial charge in [0.15, 0.2) is 0 Å². The summed E-state index contributed by atoms with van der Waals surface area (Å²) in [5, 5.41) is 0. The highest BCUT2D eigenvalue weighted by Crippen LogP contribution is 2.24. The van der Waals surface area contributed by atoms with E-state index in [2.05, 4.69) is 35.8 Å². The molecule has 0 radical (unpaired) electrons. The van der Waals surface area contributed by atoms with Crippen LogP contribution in [0.25, 0.3) is 0 Å². The molecule has 0 amide bonds. The Morgan fingerprint density at radius 1 is 1.29 bits per heavy atom. The van der Waals surface area contributed by atoms with Gasteiger partial charge in [-0.05, 0) is 52.2 Å². The van der Waals surface area contributed by atoms with Crippen molar-refractivity contribution >= 4 is 11.6 Å². The molecule has 0 bridgehead atoms. The van der Waals surface area contributed by atoms with Crippen LogP contribution in [0.5, 0.6) is 0 Å². The van der Waals surface area contributed by atoms with E-state index in [-0.39, 0.29) is 0 Å². The molecule has 1 aromatic rings. The molecular weight excluding hydrogens is 262 g/mol. The number of hydrogen-bond acceptors (Lipinski definition) is 5. The van der Waals surface area contributed by atoms with Gasteiger partial charge in [0.1, 0.15) is 17.5 Å². The quantitative estimate of drug-likeness (QED) is 0.900. The molecule has 1 aromatic heterocycles. The van der Waals surface area contributed by atoms with Crippen LogP contribution in [0.3, 0.4) is 0 Å². The molecule has 0 saturated carbocycles. The molecule has 0 spiro atoms. The summed E-state index contributed by atoms with van der Waals surface area (Å²) >= 11 is 0. The van der Waals surface area contributed by atoms with E-state index in [0.29, 0.717) is 5.82 Å². The van der Waals surface area contributed by atoms with E-state index in [1.807, 2.05) is 6.92 Å². The number of nitrogen functional groups attached to an aromatic ring is 1. The Kier molecular flexibility index (Phi) is 5.39. The van der Waals surface area contributed by atoms with Gasteiger partial charge in [-0.2, -0.15) is 0 Å². The van der Waals surface area contributed by atoms with Crippen LogP contribution in [-0.2, 0) is 6.42 Å². The minimum Gasteiger partial charge on any atom is -0.383 e. The molecule has 1 fully saturated rings. The number of aromatic nitrogens is 2. The average Bonchev–Trinajstić information content (AvgIpc) is 2.45. The maximum absolute atomic E-state index is 6.06. The third-order valence-electron chi connectivity index (χ3n) is 4.41. The van der Waals surface area contributed by atoms with Crippen molar-refractivity contribution in [2.24, 2.45) is 5.92 Å². The van der Waals surface area contributed by atoms with E-state index >= 15 is 0 Å². The predicted molar refractivity (Wildman–Crippen MR) is 88.7 cm³/mol. The Bertz CT molecular complexity index is 466. The van der Waals surface area contributed by atoms with Crippen LogP contribution in [0, 0.1) is 12.8 Å². The molecule has 0 aliphatic carbocycles. The lowest BCUT2D eigenvalue weighted by atomic mass is 9.96. The Hall–Kier alpha value is -1.36. The fourth-order valence-electron chi connectivity index (χ4n) is 2.99. The fourth-order valence-corrected chi connectivity index (χ4v) is 2.99. The van der Waals surface area contributed by atoms with E-state index in [1.165, 1.54) is 25.9 Å². The molecule has 2 rings (SSSR count). The molecule has 1 aliphatic rings. The number of likely N-dealkylation sites (tertiary alicyclic amines) is 1. The molecule has 0 aromatic carbocycles. The molecule has 1 aliphatic heterocycles. The van der Waals surface area contributed by atoms with Gasteiger partial charge in [-0.1, -0.05) is 6.92 Å². The summed E-state index contributed by atoms with van der Waals surface area (Å²) in [6, 6.07) is 0. The topological polar surface area (TPSA) is 58.3 Å². The van der Waals surface area contributed by atoms with Crippen molar-refractivity contribution in [3.8, 4) is 0 Å². The van der Waals surface area contributed by atoms with Crippen molar-refractivity contribution in [2.75, 3.05) is 44.4 Å². The molecule has 5 heteroatoms. The zero-order chi connectivity index (χ0) is 15.4. The van der Waals surface area contributed by atoms with Crippen LogP contribution in [-0.4, -0.2) is 48.6 Å². The number of nitrogens with two attached hydrogens (primary N) is 1. The maximum Gasteiger partial charge on any atom is 0.137 e. The highest BCUT2D eigenvalue weighted by Gasteiger charge is 2.20. The number of hydrogen-bond donors (Lipinski definition) is 1. The van der Waals surface area contributed by atoms with Gasteiger partial charge in [0.05, 0.1) is 0 Å². The van der Waals surface area contributed by atoms with E-state index < -0.39 is 0 Å². The first-order valence-corrected chi connectivity index (χ1v) is 8.04. The Balaban J connectivity index is 2.08. The normalized spacial score (nSPS) is 17.1. The number of piperidine rings is 1. The van der Waals surface area contributed by atoms with E-state index in [9.17, 15) is 0 Å². The Morgan fingerprint density at radius 3 is 2.57 bits per heavy atom. The number of aryl methyl sites for hydroxylation is 1. The van der Waals surface area contributed by atoms with Crippen LogP contribution in [0.2, 0.25) is 0 Å². The highest BCUT2D eigenvalue weighted by molar-refractivity contribution is 5.56. The lowest BCUT2D eigenvalue weighted by Crippen LogP contribution is -2.36. The SMILES string of the molecule is CCCc1nc(N)c(C)c(N(C)CC2CCN(C)CC2)n1. The average molecular weight is 291 g/mol. The lowest BCUT2D eigenvalue weighted by molar-refractivity contribution is 0.222. The summed E-state index contributed by atoms with van der Waals surface area (Å²) in [6.45, 7) is 7.61. The molecule has 1 saturated heterocycles. The molecular formula is C16H29N5. The first-order valence-electron chi connectivity index (χ1n) is 8.04. The summed E-state index contributed by atoms with van der Waals surface area (Å²) in [5.41, 5.74) is 7.06. The molecule has 118 valence electrons. The third kappa shape index (κ3) is 4.06. The third-order valence-corrected chi connectivity index (χ3v) is 4.41. The number of anilines is 2. The van der Waals surface area contributed by atoms with Crippen LogP contribution >= 0.6 is 0 Å². The highest BCUT2D eigenvalue weighted by atomic mass is 15.2. The first kappa shape index (κ1) is 16.0. The zero-order valence-electron chi connectivity index (χ0n) is 13.9. The molecule has 0 atom stereocenters. The van der Waals surface area contributed by atoms with E-state index in [4.69, 9.17) is 10.7 Å². The minimum absolute atomic E-state index is 0.624. The van der Waals surface area contributed by atoms with Crippen LogP contribution < -0.4 is 10.6 Å². The van der Waals surface area contributed by atoms with Gasteiger partial charge in [-0.25, -0.2) is 9.97 Å². The van der Waals surface area contributed by atoms with Gasteiger partial charge in [-0.15, -0.1) is 0 Å². The fraction of sp³-hybridized carbons (Fsp3) is 0.750. The van der Waals surface area contributed by atoms with E-state index in [1.54, 1.807) is 0 Å². The maximum atomic E-state index is 6.06. The zero-order valence-corrected chi connectivity index (χ0v) is 13.9. The molecule has 2 N–H and O–H groups in total. The van der Waals surface area contributed by atoms with Gasteiger partial charge in [0.25, 0.3) is 0 Å². The monoisotopic (exact) mass is 291 g/mol. The molecule has 5 nitrogen and oxygen atoms in total. The van der Waals surface area contributed by atoms with Gasteiger partial charge in [-0.3, -0.25) is 0 Å². The van der Waals surface area contributed by atoms with Crippen molar-refractivity contribution in [1.82, 2.24) is 14.9 Å². The summed E-state index contributed by atoms with van der Waals surface area (Å²) in [6.07, 6.45) is 4.46. The van der Waals surface area contributed by atoms with Crippen molar-refractivity contribution in [2.45, 2.75) is 39.5 Å². The van der Waals surface area contributed by atoms with Gasteiger partial charge < -0.3 is 15.5 Å². The summed E-state index contributed by atoms with van der Waals surface area (Å²) < 4.78 is 0. The second-order valence-corrected chi connectivity index (χ2v) is 6.35. The molecule has 21 heavy (non-hydrogen) atoms. The first-order chi connectivity index (χ1) is 10.0. The minimum atomic E-state index is 0.624. The number of rotatable bonds is 5. The number of nitrogens with zero attached hydrogens (tertiary/aromatic N) is 4. The van der Waals surface area contributed by atoms with Crippen LogP contribution in [0.1, 0.15) is 37.6 Å². The van der Waals surface area contributed by atoms with Crippen molar-refractivity contribution in [1.29, 1.82) is 0 Å². The van der Waals surface area contributed by atoms with Crippen molar-refractivity contribution < 1.29 is 0 Å². The molecule has 2 heterocycles. The largest absolute Gasteiger partial charge is 0.383 e. The smallest absolute Gasteiger partial charge is 0.137 e. The van der Waals surface area contributed by atoms with Gasteiger partial charge in [0, 0.05) is 25.6 Å². The second kappa shape index (κ2) is 7.07. The lowest BCUT2D eigenvalue weighted by Gasteiger charge is -2.32. The summed E-state index contributed by atoms with van der Waals surface area (Å²) in [5.74, 6) is 3.24. The standard InChI is InChI=1S/C16H29N5/c1-5-6-14-18-15(17)12(2)16(19-14)21(4)11-13-7-9-20(3)10-8-13/h13H,5-11H2,1-4H3,(H2,17,18,19). The Morgan fingerprint density at radius 2 is 1.95 bits per heavy atom. The van der Waals surface area contributed by atoms with Gasteiger partial charge >= 0.3 is 0 Å². The van der Waals surface area contributed by atoms with Crippen LogP contribution in [0.15, 0.2) is 0 Å².